The molecule has 6 nitrogen and oxygen atoms in total. The van der Waals surface area contributed by atoms with Crippen LogP contribution in [0.15, 0.2) is 24.4 Å². The predicted molar refractivity (Wildman–Crippen MR) is 59.8 cm³/mol. The Balaban J connectivity index is 2.45. The number of halogens is 3. The van der Waals surface area contributed by atoms with E-state index in [9.17, 15) is 23.1 Å². The van der Waals surface area contributed by atoms with Crippen molar-refractivity contribution < 1.29 is 27.8 Å². The van der Waals surface area contributed by atoms with E-state index in [1.54, 1.807) is 0 Å². The fourth-order valence-electron chi connectivity index (χ4n) is 1.48. The number of aryl methyl sites for hydroxylation is 1. The lowest BCUT2D eigenvalue weighted by atomic mass is 10.1. The number of carbonyl (C=O) groups excluding carboxylic acids is 1. The van der Waals surface area contributed by atoms with Gasteiger partial charge in [-0.25, -0.2) is 4.79 Å². The Kier molecular flexibility index (Phi) is 3.35. The maximum atomic E-state index is 12.2. The summed E-state index contributed by atoms with van der Waals surface area (Å²) in [6, 6.07) is 3.59. The van der Waals surface area contributed by atoms with Crippen molar-refractivity contribution in [2.75, 3.05) is 0 Å². The predicted octanol–water partition coefficient (Wildman–Crippen LogP) is 1.66. The van der Waals surface area contributed by atoms with Crippen LogP contribution in [0.2, 0.25) is 0 Å². The van der Waals surface area contributed by atoms with Gasteiger partial charge in [-0.2, -0.15) is 28.2 Å². The molecule has 9 heteroatoms. The number of phenols is 1. The molecule has 0 aliphatic heterocycles. The van der Waals surface area contributed by atoms with Gasteiger partial charge in [-0.15, -0.1) is 0 Å². The van der Waals surface area contributed by atoms with Crippen LogP contribution in [0.25, 0.3) is 11.3 Å². The molecule has 1 aromatic carbocycles. The van der Waals surface area contributed by atoms with E-state index in [4.69, 9.17) is 0 Å². The number of hydrogen-bond acceptors (Lipinski definition) is 5. The SMILES string of the molecule is Cn1ncc(-c2c(O)cccc2OC(=O)C(F)(F)F)n1. The zero-order chi connectivity index (χ0) is 14.9. The van der Waals surface area contributed by atoms with Crippen LogP contribution in [0.5, 0.6) is 11.5 Å². The van der Waals surface area contributed by atoms with Crippen LogP contribution in [0.1, 0.15) is 0 Å². The number of rotatable bonds is 2. The quantitative estimate of drug-likeness (QED) is 0.671. The third-order valence-corrected chi connectivity index (χ3v) is 2.29. The number of nitrogens with zero attached hydrogens (tertiary/aromatic N) is 3. The lowest BCUT2D eigenvalue weighted by Crippen LogP contribution is -2.28. The van der Waals surface area contributed by atoms with E-state index in [2.05, 4.69) is 14.9 Å². The van der Waals surface area contributed by atoms with Gasteiger partial charge in [0.25, 0.3) is 0 Å². The molecule has 0 aliphatic rings. The second kappa shape index (κ2) is 4.83. The van der Waals surface area contributed by atoms with Gasteiger partial charge in [0, 0.05) is 7.05 Å². The zero-order valence-electron chi connectivity index (χ0n) is 10.0. The second-order valence-electron chi connectivity index (χ2n) is 3.76. The van der Waals surface area contributed by atoms with E-state index in [1.165, 1.54) is 25.4 Å². The van der Waals surface area contributed by atoms with Crippen molar-refractivity contribution in [3.05, 3.63) is 24.4 Å². The standard InChI is InChI=1S/C11H8F3N3O3/c1-17-15-5-6(16-17)9-7(18)3-2-4-8(9)20-10(19)11(12,13)14/h2-5,18H,1H3. The van der Waals surface area contributed by atoms with Crippen LogP contribution in [0, 0.1) is 0 Å². The topological polar surface area (TPSA) is 77.2 Å². The number of carbonyl (C=O) groups is 1. The molecule has 1 N–H and O–H groups in total. The van der Waals surface area contributed by atoms with E-state index in [0.717, 1.165) is 10.9 Å². The van der Waals surface area contributed by atoms with Crippen molar-refractivity contribution >= 4 is 5.97 Å². The first-order chi connectivity index (χ1) is 9.29. The largest absolute Gasteiger partial charge is 0.507 e. The molecule has 0 bridgehead atoms. The number of phenolic OH excluding ortho intramolecular Hbond substituents is 1. The smallest absolute Gasteiger partial charge is 0.491 e. The van der Waals surface area contributed by atoms with Gasteiger partial charge in [0.15, 0.2) is 0 Å². The number of ether oxygens (including phenoxy) is 1. The molecule has 1 aromatic heterocycles. The highest BCUT2D eigenvalue weighted by atomic mass is 19.4. The van der Waals surface area contributed by atoms with Crippen molar-refractivity contribution in [2.45, 2.75) is 6.18 Å². The van der Waals surface area contributed by atoms with E-state index < -0.39 is 17.9 Å². The molecule has 0 saturated carbocycles. The number of alkyl halides is 3. The van der Waals surface area contributed by atoms with Crippen LogP contribution in [-0.2, 0) is 11.8 Å². The molecule has 1 heterocycles. The highest BCUT2D eigenvalue weighted by Gasteiger charge is 2.42. The molecule has 0 amide bonds. The number of aromatic hydroxyl groups is 1. The molecule has 2 aromatic rings. The number of aromatic nitrogens is 3. The average Bonchev–Trinajstić information content (AvgIpc) is 2.74. The number of benzene rings is 1. The molecule has 20 heavy (non-hydrogen) atoms. The normalized spacial score (nSPS) is 11.4. The van der Waals surface area contributed by atoms with Gasteiger partial charge in [-0.05, 0) is 12.1 Å². The van der Waals surface area contributed by atoms with E-state index in [0.29, 0.717) is 0 Å². The van der Waals surface area contributed by atoms with Gasteiger partial charge in [0.1, 0.15) is 17.2 Å². The third kappa shape index (κ3) is 2.71. The van der Waals surface area contributed by atoms with Crippen molar-refractivity contribution in [2.24, 2.45) is 7.05 Å². The van der Waals surface area contributed by atoms with Crippen LogP contribution in [0.4, 0.5) is 13.2 Å². The molecule has 0 fully saturated rings. The van der Waals surface area contributed by atoms with Crippen LogP contribution in [0.3, 0.4) is 0 Å². The third-order valence-electron chi connectivity index (χ3n) is 2.29. The summed E-state index contributed by atoms with van der Waals surface area (Å²) in [4.78, 5) is 12.0. The molecule has 0 atom stereocenters. The minimum Gasteiger partial charge on any atom is -0.507 e. The Morgan fingerprint density at radius 1 is 1.40 bits per heavy atom. The highest BCUT2D eigenvalue weighted by molar-refractivity contribution is 5.82. The fraction of sp³-hybridized carbons (Fsp3) is 0.182. The van der Waals surface area contributed by atoms with Gasteiger partial charge < -0.3 is 9.84 Å². The monoisotopic (exact) mass is 287 g/mol. The second-order valence-corrected chi connectivity index (χ2v) is 3.76. The molecule has 0 unspecified atom stereocenters. The Bertz CT molecular complexity index is 652. The molecule has 0 aliphatic carbocycles. The number of hydrogen-bond donors (Lipinski definition) is 1. The summed E-state index contributed by atoms with van der Waals surface area (Å²) in [6.07, 6.45) is -3.91. The summed E-state index contributed by atoms with van der Waals surface area (Å²) in [5, 5.41) is 17.3. The first-order valence-corrected chi connectivity index (χ1v) is 5.26. The molecule has 106 valence electrons. The van der Waals surface area contributed by atoms with Crippen molar-refractivity contribution in [3.63, 3.8) is 0 Å². The molecule has 0 spiro atoms. The van der Waals surface area contributed by atoms with Crippen molar-refractivity contribution in [1.29, 1.82) is 0 Å². The zero-order valence-corrected chi connectivity index (χ0v) is 10.0. The molecular formula is C11H8F3N3O3. The Morgan fingerprint density at radius 2 is 2.10 bits per heavy atom. The minimum absolute atomic E-state index is 0.0792. The lowest BCUT2D eigenvalue weighted by molar-refractivity contribution is -0.189. The van der Waals surface area contributed by atoms with E-state index in [1.807, 2.05) is 0 Å². The minimum atomic E-state index is -5.13. The van der Waals surface area contributed by atoms with E-state index >= 15 is 0 Å². The van der Waals surface area contributed by atoms with Crippen LogP contribution >= 0.6 is 0 Å². The Morgan fingerprint density at radius 3 is 2.65 bits per heavy atom. The Labute approximate surface area is 110 Å². The first kappa shape index (κ1) is 13.8. The van der Waals surface area contributed by atoms with Gasteiger partial charge in [0.05, 0.1) is 11.8 Å². The summed E-state index contributed by atoms with van der Waals surface area (Å²) < 4.78 is 40.9. The summed E-state index contributed by atoms with van der Waals surface area (Å²) in [5.41, 5.74) is -0.0613. The van der Waals surface area contributed by atoms with Gasteiger partial charge >= 0.3 is 12.1 Å². The van der Waals surface area contributed by atoms with Crippen molar-refractivity contribution in [1.82, 2.24) is 15.0 Å². The fourth-order valence-corrected chi connectivity index (χ4v) is 1.48. The maximum absolute atomic E-state index is 12.2. The van der Waals surface area contributed by atoms with Crippen LogP contribution < -0.4 is 4.74 Å². The van der Waals surface area contributed by atoms with Gasteiger partial charge in [-0.3, -0.25) is 0 Å². The highest BCUT2D eigenvalue weighted by Crippen LogP contribution is 2.37. The summed E-state index contributed by atoms with van der Waals surface area (Å²) >= 11 is 0. The Hall–Kier alpha value is -2.58. The summed E-state index contributed by atoms with van der Waals surface area (Å²) in [7, 11) is 1.49. The lowest BCUT2D eigenvalue weighted by Gasteiger charge is -2.11. The molecule has 2 rings (SSSR count). The number of esters is 1. The maximum Gasteiger partial charge on any atom is 0.491 e. The van der Waals surface area contributed by atoms with Crippen molar-refractivity contribution in [3.8, 4) is 22.8 Å². The first-order valence-electron chi connectivity index (χ1n) is 5.26. The molecular weight excluding hydrogens is 279 g/mol. The van der Waals surface area contributed by atoms with E-state index in [-0.39, 0.29) is 17.0 Å². The van der Waals surface area contributed by atoms with Gasteiger partial charge in [-0.1, -0.05) is 6.07 Å². The summed E-state index contributed by atoms with van der Waals surface area (Å²) in [6.45, 7) is 0. The average molecular weight is 287 g/mol. The molecule has 0 radical (unpaired) electrons. The summed E-state index contributed by atoms with van der Waals surface area (Å²) in [5.74, 6) is -3.21. The van der Waals surface area contributed by atoms with Gasteiger partial charge in [0.2, 0.25) is 0 Å². The molecule has 0 saturated heterocycles. The van der Waals surface area contributed by atoms with Crippen LogP contribution in [-0.4, -0.2) is 32.2 Å².